The van der Waals surface area contributed by atoms with E-state index in [0.29, 0.717) is 17.3 Å². The Bertz CT molecular complexity index is 1280. The van der Waals surface area contributed by atoms with Crippen LogP contribution in [0.2, 0.25) is 5.02 Å². The molecule has 6 nitrogen and oxygen atoms in total. The zero-order valence-corrected chi connectivity index (χ0v) is 18.8. The standard InChI is InChI=1S/C23H21ClN4O2S/c1-13-25-20(21(31-13)14-5-3-6-15(24)11-14)23(29)28-10-4-7-19(28)22-26-17-9-8-16(30-2)12-18(17)27-22/h3,5-6,8-9,11-12,19H,4,7,10H2,1-2H3,(H,26,27). The summed E-state index contributed by atoms with van der Waals surface area (Å²) in [4.78, 5) is 29.1. The van der Waals surface area contributed by atoms with Gasteiger partial charge in [-0.3, -0.25) is 4.79 Å². The molecule has 0 aliphatic carbocycles. The maximum atomic E-state index is 13.6. The highest BCUT2D eigenvalue weighted by Gasteiger charge is 2.35. The molecule has 1 amide bonds. The summed E-state index contributed by atoms with van der Waals surface area (Å²) in [6.45, 7) is 2.60. The number of imidazole rings is 1. The van der Waals surface area contributed by atoms with Crippen molar-refractivity contribution in [3.63, 3.8) is 0 Å². The first kappa shape index (κ1) is 20.0. The van der Waals surface area contributed by atoms with E-state index in [1.807, 2.05) is 54.3 Å². The maximum Gasteiger partial charge on any atom is 0.274 e. The largest absolute Gasteiger partial charge is 0.497 e. The number of benzene rings is 2. The number of nitrogens with zero attached hydrogens (tertiary/aromatic N) is 3. The number of aromatic nitrogens is 3. The van der Waals surface area contributed by atoms with Gasteiger partial charge in [0.1, 0.15) is 17.3 Å². The molecule has 0 bridgehead atoms. The molecule has 1 atom stereocenters. The maximum absolute atomic E-state index is 13.6. The SMILES string of the molecule is COc1ccc2nc(C3CCCN3C(=O)c3nc(C)sc3-c3cccc(Cl)c3)[nH]c2c1. The minimum Gasteiger partial charge on any atom is -0.497 e. The second-order valence-corrected chi connectivity index (χ2v) is 9.22. The van der Waals surface area contributed by atoms with Gasteiger partial charge in [-0.1, -0.05) is 23.7 Å². The summed E-state index contributed by atoms with van der Waals surface area (Å²) in [5.41, 5.74) is 3.15. The van der Waals surface area contributed by atoms with Crippen molar-refractivity contribution in [2.75, 3.05) is 13.7 Å². The van der Waals surface area contributed by atoms with Crippen LogP contribution in [0.5, 0.6) is 5.75 Å². The van der Waals surface area contributed by atoms with Crippen molar-refractivity contribution in [2.45, 2.75) is 25.8 Å². The number of halogens is 1. The molecule has 0 spiro atoms. The van der Waals surface area contributed by atoms with Crippen LogP contribution in [0.15, 0.2) is 42.5 Å². The molecule has 2 aromatic heterocycles. The number of hydrogen-bond donors (Lipinski definition) is 1. The third-order valence-electron chi connectivity index (χ3n) is 5.56. The molecule has 0 radical (unpaired) electrons. The summed E-state index contributed by atoms with van der Waals surface area (Å²) in [5.74, 6) is 1.50. The normalized spacial score (nSPS) is 16.2. The topological polar surface area (TPSA) is 71.1 Å². The van der Waals surface area contributed by atoms with E-state index in [0.717, 1.165) is 50.9 Å². The second-order valence-electron chi connectivity index (χ2n) is 7.58. The van der Waals surface area contributed by atoms with Crippen LogP contribution in [0.3, 0.4) is 0 Å². The van der Waals surface area contributed by atoms with Gasteiger partial charge in [-0.05, 0) is 49.6 Å². The highest BCUT2D eigenvalue weighted by atomic mass is 35.5. The smallest absolute Gasteiger partial charge is 0.274 e. The number of aromatic amines is 1. The van der Waals surface area contributed by atoms with E-state index >= 15 is 0 Å². The number of ether oxygens (including phenoxy) is 1. The van der Waals surface area contributed by atoms with E-state index in [2.05, 4.69) is 9.97 Å². The van der Waals surface area contributed by atoms with Crippen LogP contribution in [0.25, 0.3) is 21.5 Å². The first-order valence-corrected chi connectivity index (χ1v) is 11.3. The van der Waals surface area contributed by atoms with Gasteiger partial charge in [-0.25, -0.2) is 9.97 Å². The Morgan fingerprint density at radius 2 is 2.13 bits per heavy atom. The molecule has 8 heteroatoms. The number of rotatable bonds is 4. The summed E-state index contributed by atoms with van der Waals surface area (Å²) in [6, 6.07) is 13.2. The minimum absolute atomic E-state index is 0.0696. The fraction of sp³-hybridized carbons (Fsp3) is 0.261. The van der Waals surface area contributed by atoms with Gasteiger partial charge in [0.15, 0.2) is 0 Å². The van der Waals surface area contributed by atoms with E-state index in [-0.39, 0.29) is 11.9 Å². The Kier molecular flexibility index (Phi) is 5.16. The summed E-state index contributed by atoms with van der Waals surface area (Å²) < 4.78 is 5.31. The van der Waals surface area contributed by atoms with Gasteiger partial charge >= 0.3 is 0 Å². The third-order valence-corrected chi connectivity index (χ3v) is 6.82. The van der Waals surface area contributed by atoms with E-state index in [1.165, 1.54) is 11.3 Å². The van der Waals surface area contributed by atoms with Gasteiger partial charge in [-0.15, -0.1) is 11.3 Å². The molecule has 31 heavy (non-hydrogen) atoms. The van der Waals surface area contributed by atoms with Crippen LogP contribution in [-0.4, -0.2) is 39.4 Å². The lowest BCUT2D eigenvalue weighted by atomic mass is 10.1. The minimum atomic E-state index is -0.111. The summed E-state index contributed by atoms with van der Waals surface area (Å²) in [5, 5.41) is 1.49. The zero-order valence-electron chi connectivity index (χ0n) is 17.2. The van der Waals surface area contributed by atoms with Crippen molar-refractivity contribution in [3.8, 4) is 16.2 Å². The molecule has 5 rings (SSSR count). The monoisotopic (exact) mass is 452 g/mol. The number of H-pyrrole nitrogens is 1. The highest BCUT2D eigenvalue weighted by molar-refractivity contribution is 7.15. The third kappa shape index (κ3) is 3.68. The Labute approximate surface area is 188 Å². The molecule has 1 aliphatic rings. The Morgan fingerprint density at radius 1 is 1.26 bits per heavy atom. The predicted molar refractivity (Wildman–Crippen MR) is 123 cm³/mol. The summed E-state index contributed by atoms with van der Waals surface area (Å²) >= 11 is 7.71. The molecular formula is C23H21ClN4O2S. The van der Waals surface area contributed by atoms with Crippen molar-refractivity contribution in [1.29, 1.82) is 0 Å². The zero-order chi connectivity index (χ0) is 21.5. The Morgan fingerprint density at radius 3 is 2.94 bits per heavy atom. The number of hydrogen-bond acceptors (Lipinski definition) is 5. The Balaban J connectivity index is 1.50. The fourth-order valence-electron chi connectivity index (χ4n) is 4.12. The van der Waals surface area contributed by atoms with Gasteiger partial charge in [0.05, 0.1) is 34.1 Å². The number of amides is 1. The van der Waals surface area contributed by atoms with E-state index in [9.17, 15) is 4.79 Å². The number of fused-ring (bicyclic) bond motifs is 1. The summed E-state index contributed by atoms with van der Waals surface area (Å²) in [7, 11) is 1.64. The van der Waals surface area contributed by atoms with Crippen molar-refractivity contribution in [3.05, 3.63) is 64.0 Å². The molecule has 1 N–H and O–H groups in total. The van der Waals surface area contributed by atoms with Crippen LogP contribution >= 0.6 is 22.9 Å². The average molecular weight is 453 g/mol. The molecule has 1 aliphatic heterocycles. The molecule has 3 heterocycles. The predicted octanol–water partition coefficient (Wildman–Crippen LogP) is 5.63. The first-order valence-electron chi connectivity index (χ1n) is 10.1. The first-order chi connectivity index (χ1) is 15.0. The number of methoxy groups -OCH3 is 1. The number of aryl methyl sites for hydroxylation is 1. The van der Waals surface area contributed by atoms with Crippen molar-refractivity contribution < 1.29 is 9.53 Å². The Hall–Kier alpha value is -2.90. The molecule has 1 unspecified atom stereocenters. The molecule has 1 fully saturated rings. The average Bonchev–Trinajstić information content (AvgIpc) is 3.49. The molecule has 1 saturated heterocycles. The quantitative estimate of drug-likeness (QED) is 0.435. The van der Waals surface area contributed by atoms with Crippen LogP contribution in [0.4, 0.5) is 0 Å². The lowest BCUT2D eigenvalue weighted by molar-refractivity contribution is 0.0726. The highest BCUT2D eigenvalue weighted by Crippen LogP contribution is 2.37. The van der Waals surface area contributed by atoms with Crippen LogP contribution in [-0.2, 0) is 0 Å². The fourth-order valence-corrected chi connectivity index (χ4v) is 5.22. The van der Waals surface area contributed by atoms with Gasteiger partial charge < -0.3 is 14.6 Å². The van der Waals surface area contributed by atoms with Gasteiger partial charge in [-0.2, -0.15) is 0 Å². The van der Waals surface area contributed by atoms with Crippen LogP contribution in [0.1, 0.15) is 40.2 Å². The number of likely N-dealkylation sites (tertiary alicyclic amines) is 1. The molecule has 158 valence electrons. The number of carbonyl (C=O) groups is 1. The number of nitrogens with one attached hydrogen (secondary N) is 1. The van der Waals surface area contributed by atoms with Gasteiger partial charge in [0.25, 0.3) is 5.91 Å². The van der Waals surface area contributed by atoms with Crippen molar-refractivity contribution in [2.24, 2.45) is 0 Å². The lowest BCUT2D eigenvalue weighted by Gasteiger charge is -2.22. The van der Waals surface area contributed by atoms with Gasteiger partial charge in [0.2, 0.25) is 0 Å². The van der Waals surface area contributed by atoms with E-state index in [4.69, 9.17) is 21.3 Å². The van der Waals surface area contributed by atoms with Crippen LogP contribution in [0, 0.1) is 6.92 Å². The lowest BCUT2D eigenvalue weighted by Crippen LogP contribution is -2.31. The van der Waals surface area contributed by atoms with Gasteiger partial charge in [0, 0.05) is 17.6 Å². The number of carbonyl (C=O) groups excluding carboxylic acids is 1. The second kappa shape index (κ2) is 7.98. The number of thiazole rings is 1. The molecular weight excluding hydrogens is 432 g/mol. The van der Waals surface area contributed by atoms with Crippen molar-refractivity contribution in [1.82, 2.24) is 19.9 Å². The molecule has 4 aromatic rings. The summed E-state index contributed by atoms with van der Waals surface area (Å²) in [6.07, 6.45) is 1.78. The van der Waals surface area contributed by atoms with Crippen molar-refractivity contribution >= 4 is 39.9 Å². The van der Waals surface area contributed by atoms with E-state index in [1.54, 1.807) is 7.11 Å². The van der Waals surface area contributed by atoms with Crippen LogP contribution < -0.4 is 4.74 Å². The molecule has 0 saturated carbocycles. The molecule has 2 aromatic carbocycles. The van der Waals surface area contributed by atoms with E-state index < -0.39 is 0 Å².